The summed E-state index contributed by atoms with van der Waals surface area (Å²) in [6.07, 6.45) is 5.21. The summed E-state index contributed by atoms with van der Waals surface area (Å²) in [5.41, 5.74) is 5.07. The molecule has 1 aromatic carbocycles. The van der Waals surface area contributed by atoms with Crippen molar-refractivity contribution in [2.24, 2.45) is 4.99 Å². The summed E-state index contributed by atoms with van der Waals surface area (Å²) in [6, 6.07) is 8.24. The highest BCUT2D eigenvalue weighted by atomic mass is 19.1. The second-order valence-corrected chi connectivity index (χ2v) is 7.69. The summed E-state index contributed by atoms with van der Waals surface area (Å²) < 4.78 is 15.8. The number of hydroxylamine groups is 1. The van der Waals surface area contributed by atoms with Crippen LogP contribution < -0.4 is 10.8 Å². The number of halogens is 1. The number of rotatable bonds is 4. The number of aliphatic imine (C=N–C) groups is 1. The number of nitrogens with zero attached hydrogens (tertiary/aromatic N) is 5. The second-order valence-electron chi connectivity index (χ2n) is 7.69. The zero-order valence-corrected chi connectivity index (χ0v) is 16.7. The van der Waals surface area contributed by atoms with Crippen LogP contribution in [0.4, 0.5) is 10.2 Å². The number of aromatic nitrogens is 4. The van der Waals surface area contributed by atoms with Crippen molar-refractivity contribution < 1.29 is 9.23 Å². The van der Waals surface area contributed by atoms with Gasteiger partial charge in [0.25, 0.3) is 0 Å². The van der Waals surface area contributed by atoms with E-state index < -0.39 is 5.72 Å². The number of amidine groups is 1. The average Bonchev–Trinajstić information content (AvgIpc) is 3.29. The van der Waals surface area contributed by atoms with Gasteiger partial charge in [0.15, 0.2) is 17.2 Å². The number of hydrogen-bond acceptors (Lipinski definition) is 7. The maximum atomic E-state index is 14.1. The van der Waals surface area contributed by atoms with Crippen molar-refractivity contribution in [3.8, 4) is 0 Å². The number of anilines is 1. The van der Waals surface area contributed by atoms with Crippen molar-refractivity contribution in [2.75, 3.05) is 5.32 Å². The molecule has 30 heavy (non-hydrogen) atoms. The summed E-state index contributed by atoms with van der Waals surface area (Å²) >= 11 is 0. The van der Waals surface area contributed by atoms with E-state index in [1.54, 1.807) is 23.0 Å². The molecular weight excluding hydrogens is 385 g/mol. The van der Waals surface area contributed by atoms with E-state index in [0.717, 1.165) is 22.0 Å². The number of fused-ring (bicyclic) bond motifs is 2. The number of benzene rings is 1. The van der Waals surface area contributed by atoms with Gasteiger partial charge in [0.05, 0.1) is 23.3 Å². The van der Waals surface area contributed by atoms with Gasteiger partial charge in [0.2, 0.25) is 0 Å². The van der Waals surface area contributed by atoms with Crippen molar-refractivity contribution >= 4 is 28.2 Å². The first kappa shape index (κ1) is 18.4. The van der Waals surface area contributed by atoms with Gasteiger partial charge in [-0.2, -0.15) is 5.10 Å². The van der Waals surface area contributed by atoms with E-state index in [9.17, 15) is 4.39 Å². The van der Waals surface area contributed by atoms with Crippen LogP contribution in [0.5, 0.6) is 0 Å². The molecule has 0 aliphatic carbocycles. The minimum Gasteiger partial charge on any atom is -0.363 e. The molecule has 0 saturated heterocycles. The molecule has 3 aromatic heterocycles. The highest BCUT2D eigenvalue weighted by molar-refractivity contribution is 6.03. The third-order valence-electron chi connectivity index (χ3n) is 4.93. The molecule has 0 bridgehead atoms. The Morgan fingerprint density at radius 2 is 2.13 bits per heavy atom. The monoisotopic (exact) mass is 405 g/mol. The third kappa shape index (κ3) is 3.22. The van der Waals surface area contributed by atoms with E-state index in [-0.39, 0.29) is 11.9 Å². The Balaban J connectivity index is 1.50. The fourth-order valence-electron chi connectivity index (χ4n) is 3.53. The lowest BCUT2D eigenvalue weighted by Gasteiger charge is -2.17. The Labute approximate surface area is 171 Å². The Hall–Kier alpha value is -3.59. The molecule has 0 saturated carbocycles. The molecular formula is C21H20FN7O. The fraction of sp³-hybridized carbons (Fsp3) is 0.238. The van der Waals surface area contributed by atoms with E-state index in [4.69, 9.17) is 9.82 Å². The van der Waals surface area contributed by atoms with Crippen molar-refractivity contribution in [1.82, 2.24) is 25.1 Å². The minimum atomic E-state index is -0.653. The van der Waals surface area contributed by atoms with Crippen LogP contribution in [0.2, 0.25) is 0 Å². The van der Waals surface area contributed by atoms with Gasteiger partial charge in [-0.05, 0) is 45.0 Å². The predicted octanol–water partition coefficient (Wildman–Crippen LogP) is 3.61. The van der Waals surface area contributed by atoms with Gasteiger partial charge < -0.3 is 5.32 Å². The first-order chi connectivity index (χ1) is 14.4. The minimum absolute atomic E-state index is 0.219. The van der Waals surface area contributed by atoms with Crippen LogP contribution in [-0.2, 0) is 4.84 Å². The Kier molecular flexibility index (Phi) is 4.14. The molecule has 0 fully saturated rings. The molecule has 1 aliphatic rings. The molecule has 4 aromatic rings. The van der Waals surface area contributed by atoms with Crippen molar-refractivity contribution in [3.05, 3.63) is 65.9 Å². The molecule has 5 rings (SSSR count). The Morgan fingerprint density at radius 3 is 2.93 bits per heavy atom. The Morgan fingerprint density at radius 1 is 1.27 bits per heavy atom. The van der Waals surface area contributed by atoms with Gasteiger partial charge in [0, 0.05) is 23.3 Å². The number of nitrogens with one attached hydrogen (secondary N) is 2. The van der Waals surface area contributed by atoms with Gasteiger partial charge in [-0.25, -0.2) is 29.2 Å². The third-order valence-corrected chi connectivity index (χ3v) is 4.93. The van der Waals surface area contributed by atoms with Crippen molar-refractivity contribution in [3.63, 3.8) is 0 Å². The zero-order chi connectivity index (χ0) is 20.9. The van der Waals surface area contributed by atoms with E-state index in [1.165, 1.54) is 12.1 Å². The van der Waals surface area contributed by atoms with E-state index in [1.807, 2.05) is 39.1 Å². The molecule has 152 valence electrons. The summed E-state index contributed by atoms with van der Waals surface area (Å²) in [7, 11) is 0. The second kappa shape index (κ2) is 6.74. The Bertz CT molecular complexity index is 1300. The molecule has 0 spiro atoms. The number of pyridine rings is 1. The zero-order valence-electron chi connectivity index (χ0n) is 16.7. The van der Waals surface area contributed by atoms with Crippen molar-refractivity contribution in [2.45, 2.75) is 32.5 Å². The van der Waals surface area contributed by atoms with Crippen LogP contribution >= 0.6 is 0 Å². The van der Waals surface area contributed by atoms with Crippen LogP contribution in [0.15, 0.2) is 53.9 Å². The topological polar surface area (TPSA) is 88.7 Å². The van der Waals surface area contributed by atoms with Crippen molar-refractivity contribution in [1.29, 1.82) is 0 Å². The molecule has 2 N–H and O–H groups in total. The lowest BCUT2D eigenvalue weighted by molar-refractivity contribution is -0.0269. The standard InChI is InChI=1S/C21H20FN7O/c1-12(15-10-14(22)9-13-5-4-7-23-18(13)15)25-17-6-8-29-20(26-17)16(11-24-29)19-27-21(2,3)30-28-19/h4-12H,1-3H3,(H,25,26)(H,27,28). The summed E-state index contributed by atoms with van der Waals surface area (Å²) in [5, 5.41) is 8.44. The maximum Gasteiger partial charge on any atom is 0.182 e. The van der Waals surface area contributed by atoms with Crippen LogP contribution in [0.1, 0.15) is 37.9 Å². The lowest BCUT2D eigenvalue weighted by atomic mass is 10.0. The highest BCUT2D eigenvalue weighted by Gasteiger charge is 2.28. The lowest BCUT2D eigenvalue weighted by Crippen LogP contribution is -2.23. The molecule has 0 radical (unpaired) electrons. The number of hydrogen-bond donors (Lipinski definition) is 2. The quantitative estimate of drug-likeness (QED) is 0.539. The maximum absolute atomic E-state index is 14.1. The van der Waals surface area contributed by atoms with Gasteiger partial charge in [-0.3, -0.25) is 4.98 Å². The molecule has 1 unspecified atom stereocenters. The first-order valence-corrected chi connectivity index (χ1v) is 9.59. The van der Waals surface area contributed by atoms with E-state index >= 15 is 0 Å². The molecule has 1 aliphatic heterocycles. The van der Waals surface area contributed by atoms with E-state index in [0.29, 0.717) is 17.3 Å². The fourth-order valence-corrected chi connectivity index (χ4v) is 3.53. The van der Waals surface area contributed by atoms with Gasteiger partial charge in [-0.1, -0.05) is 6.07 Å². The van der Waals surface area contributed by atoms with Gasteiger partial charge in [-0.15, -0.1) is 0 Å². The molecule has 8 nitrogen and oxygen atoms in total. The summed E-state index contributed by atoms with van der Waals surface area (Å²) in [5.74, 6) is 0.908. The molecule has 4 heterocycles. The predicted molar refractivity (Wildman–Crippen MR) is 112 cm³/mol. The van der Waals surface area contributed by atoms with Gasteiger partial charge >= 0.3 is 0 Å². The largest absolute Gasteiger partial charge is 0.363 e. The highest BCUT2D eigenvalue weighted by Crippen LogP contribution is 2.27. The average molecular weight is 405 g/mol. The molecule has 9 heteroatoms. The summed E-state index contributed by atoms with van der Waals surface area (Å²) in [6.45, 7) is 5.67. The van der Waals surface area contributed by atoms with Crippen LogP contribution in [0.25, 0.3) is 16.6 Å². The van der Waals surface area contributed by atoms with Crippen LogP contribution in [0.3, 0.4) is 0 Å². The summed E-state index contributed by atoms with van der Waals surface area (Å²) in [4.78, 5) is 19.1. The molecule has 1 atom stereocenters. The van der Waals surface area contributed by atoms with E-state index in [2.05, 4.69) is 25.9 Å². The van der Waals surface area contributed by atoms with Crippen LogP contribution in [0, 0.1) is 5.82 Å². The van der Waals surface area contributed by atoms with Gasteiger partial charge in [0.1, 0.15) is 11.6 Å². The normalized spacial score (nSPS) is 16.5. The molecule has 0 amide bonds. The SMILES string of the molecule is CC(Nc1ccn2ncc(C3=NC(C)(C)ON3)c2n1)c1cc(F)cc2cccnc12. The first-order valence-electron chi connectivity index (χ1n) is 9.59. The van der Waals surface area contributed by atoms with Crippen LogP contribution in [-0.4, -0.2) is 31.1 Å². The smallest absolute Gasteiger partial charge is 0.182 e.